The fourth-order valence-electron chi connectivity index (χ4n) is 0.111. The molecular weight excluding hydrogens is 265 g/mol. The van der Waals surface area contributed by atoms with Crippen LogP contribution in [0, 0.1) is 0 Å². The van der Waals surface area contributed by atoms with Crippen LogP contribution in [-0.2, 0) is 4.79 Å². The van der Waals surface area contributed by atoms with Gasteiger partial charge in [-0.2, -0.15) is 0 Å². The zero-order valence-corrected chi connectivity index (χ0v) is 8.71. The van der Waals surface area contributed by atoms with Gasteiger partial charge in [0.1, 0.15) is 0 Å². The normalized spacial score (nSPS) is 13.4. The molecule has 0 aromatic rings. The Kier molecular flexibility index (Phi) is 3.91. The lowest BCUT2D eigenvalue weighted by Gasteiger charge is -2.22. The molecule has 0 N–H and O–H groups in total. The molecule has 0 radical (unpaired) electrons. The predicted octanol–water partition coefficient (Wildman–Crippen LogP) is 3.30. The summed E-state index contributed by atoms with van der Waals surface area (Å²) < 4.78 is -4.31. The lowest BCUT2D eigenvalue weighted by Crippen LogP contribution is -2.36. The van der Waals surface area contributed by atoms with E-state index in [-0.39, 0.29) is 0 Å². The smallest absolute Gasteiger partial charge is 0.262 e. The van der Waals surface area contributed by atoms with Gasteiger partial charge < -0.3 is 0 Å². The molecular formula is C3Cl6O. The second-order valence-corrected chi connectivity index (χ2v) is 5.30. The van der Waals surface area contributed by atoms with Crippen LogP contribution in [0.2, 0.25) is 0 Å². The van der Waals surface area contributed by atoms with Gasteiger partial charge in [-0.05, 0) is 11.6 Å². The quantitative estimate of drug-likeness (QED) is 0.525. The van der Waals surface area contributed by atoms with Crippen LogP contribution in [-0.4, -0.2) is 13.4 Å². The van der Waals surface area contributed by atoms with E-state index in [1.165, 1.54) is 0 Å². The van der Waals surface area contributed by atoms with E-state index < -0.39 is 13.4 Å². The summed E-state index contributed by atoms with van der Waals surface area (Å²) in [6.45, 7) is 0. The van der Waals surface area contributed by atoms with Crippen molar-refractivity contribution in [2.75, 3.05) is 0 Å². The van der Waals surface area contributed by atoms with Crippen LogP contribution in [0.4, 0.5) is 0 Å². The van der Waals surface area contributed by atoms with E-state index in [2.05, 4.69) is 0 Å². The molecule has 0 aromatic carbocycles. The van der Waals surface area contributed by atoms with Crippen LogP contribution in [0.25, 0.3) is 0 Å². The fraction of sp³-hybridized carbons (Fsp3) is 0.667. The maximum atomic E-state index is 10.4. The third-order valence-electron chi connectivity index (χ3n) is 0.603. The summed E-state index contributed by atoms with van der Waals surface area (Å²) in [5, 5.41) is -1.13. The fourth-order valence-corrected chi connectivity index (χ4v) is 0.656. The molecule has 0 bridgehead atoms. The van der Waals surface area contributed by atoms with E-state index >= 15 is 0 Å². The largest absolute Gasteiger partial charge is 0.278 e. The van der Waals surface area contributed by atoms with Crippen molar-refractivity contribution >= 4 is 74.8 Å². The maximum Gasteiger partial charge on any atom is 0.262 e. The third kappa shape index (κ3) is 2.47. The molecule has 1 nitrogen and oxygen atoms in total. The number of carbonyl (C=O) groups excluding carboxylic acids is 1. The van der Waals surface area contributed by atoms with Gasteiger partial charge in [-0.1, -0.05) is 58.0 Å². The van der Waals surface area contributed by atoms with Gasteiger partial charge in [-0.15, -0.1) is 0 Å². The summed E-state index contributed by atoms with van der Waals surface area (Å²) in [6.07, 6.45) is 0. The summed E-state index contributed by atoms with van der Waals surface area (Å²) in [5.74, 6) is 0. The molecule has 0 rings (SSSR count). The summed E-state index contributed by atoms with van der Waals surface area (Å²) >= 11 is 30.9. The third-order valence-corrected chi connectivity index (χ3v) is 3.42. The minimum absolute atomic E-state index is 1.13. The summed E-state index contributed by atoms with van der Waals surface area (Å²) in [5.41, 5.74) is 0. The zero-order chi connectivity index (χ0) is 8.58. The number of hydrogen-bond acceptors (Lipinski definition) is 1. The molecule has 0 aliphatic heterocycles. The lowest BCUT2D eigenvalue weighted by atomic mass is 10.5. The van der Waals surface area contributed by atoms with Crippen LogP contribution in [0.3, 0.4) is 0 Å². The van der Waals surface area contributed by atoms with Crippen molar-refractivity contribution in [2.24, 2.45) is 0 Å². The number of alkyl halides is 5. The Labute approximate surface area is 87.5 Å². The molecule has 0 aromatic heterocycles. The molecule has 0 aliphatic rings. The average Bonchev–Trinajstić information content (AvgIpc) is 1.62. The zero-order valence-electron chi connectivity index (χ0n) is 4.18. The van der Waals surface area contributed by atoms with Crippen molar-refractivity contribution in [2.45, 2.75) is 8.13 Å². The molecule has 0 spiro atoms. The highest BCUT2D eigenvalue weighted by molar-refractivity contribution is 6.87. The minimum atomic E-state index is -2.20. The first-order valence-corrected chi connectivity index (χ1v) is 4.11. The van der Waals surface area contributed by atoms with E-state index in [4.69, 9.17) is 69.6 Å². The molecule has 0 aliphatic carbocycles. The van der Waals surface area contributed by atoms with Crippen molar-refractivity contribution in [1.82, 2.24) is 0 Å². The van der Waals surface area contributed by atoms with Crippen molar-refractivity contribution in [3.63, 3.8) is 0 Å². The maximum absolute atomic E-state index is 10.4. The summed E-state index contributed by atoms with van der Waals surface area (Å²) in [4.78, 5) is 10.4. The number of rotatable bonds is 1. The van der Waals surface area contributed by atoms with E-state index in [0.29, 0.717) is 0 Å². The number of hydrogen-bond donors (Lipinski definition) is 0. The highest BCUT2D eigenvalue weighted by Gasteiger charge is 2.51. The van der Waals surface area contributed by atoms with Crippen molar-refractivity contribution in [3.05, 3.63) is 0 Å². The number of carbonyl (C=O) groups is 1. The van der Waals surface area contributed by atoms with Gasteiger partial charge in [0, 0.05) is 0 Å². The Hall–Kier alpha value is 1.41. The highest BCUT2D eigenvalue weighted by atomic mass is 35.6. The monoisotopic (exact) mass is 262 g/mol. The molecule has 10 heavy (non-hydrogen) atoms. The molecule has 0 heterocycles. The van der Waals surface area contributed by atoms with Crippen LogP contribution in [0.5, 0.6) is 0 Å². The molecule has 0 saturated carbocycles. The van der Waals surface area contributed by atoms with Crippen LogP contribution < -0.4 is 0 Å². The molecule has 0 fully saturated rings. The molecule has 0 saturated heterocycles. The van der Waals surface area contributed by atoms with Crippen molar-refractivity contribution in [3.8, 4) is 0 Å². The molecule has 0 atom stereocenters. The molecule has 7 heteroatoms. The van der Waals surface area contributed by atoms with Crippen LogP contribution >= 0.6 is 69.6 Å². The Bertz CT molecular complexity index is 146. The first kappa shape index (κ1) is 11.4. The number of halogens is 6. The van der Waals surface area contributed by atoms with E-state index in [1.54, 1.807) is 0 Å². The highest BCUT2D eigenvalue weighted by Crippen LogP contribution is 2.46. The van der Waals surface area contributed by atoms with Gasteiger partial charge in [-0.3, -0.25) is 4.79 Å². The van der Waals surface area contributed by atoms with Crippen molar-refractivity contribution < 1.29 is 4.79 Å². The van der Waals surface area contributed by atoms with Gasteiger partial charge in [0.2, 0.25) is 8.13 Å². The molecule has 0 unspecified atom stereocenters. The van der Waals surface area contributed by atoms with Gasteiger partial charge >= 0.3 is 0 Å². The average molecular weight is 265 g/mol. The first-order chi connectivity index (χ1) is 4.19. The Balaban J connectivity index is 4.57. The first-order valence-electron chi connectivity index (χ1n) is 1.84. The Morgan fingerprint density at radius 3 is 1.30 bits per heavy atom. The Morgan fingerprint density at radius 2 is 1.30 bits per heavy atom. The minimum Gasteiger partial charge on any atom is -0.278 e. The van der Waals surface area contributed by atoms with Gasteiger partial charge in [0.25, 0.3) is 5.24 Å². The van der Waals surface area contributed by atoms with Gasteiger partial charge in [0.05, 0.1) is 0 Å². The Morgan fingerprint density at radius 1 is 1.00 bits per heavy atom. The van der Waals surface area contributed by atoms with Crippen LogP contribution in [0.1, 0.15) is 0 Å². The SMILES string of the molecule is O=C(Cl)C(Cl)(Cl)C(Cl)(Cl)Cl. The standard InChI is InChI=1S/C3Cl6O/c4-1(10)2(5,6)3(7,8)9. The summed E-state index contributed by atoms with van der Waals surface area (Å²) in [7, 11) is 0. The topological polar surface area (TPSA) is 17.1 Å². The van der Waals surface area contributed by atoms with Crippen LogP contribution in [0.15, 0.2) is 0 Å². The molecule has 60 valence electrons. The van der Waals surface area contributed by atoms with E-state index in [1.807, 2.05) is 0 Å². The predicted molar refractivity (Wildman–Crippen MR) is 45.6 cm³/mol. The second kappa shape index (κ2) is 3.42. The van der Waals surface area contributed by atoms with E-state index in [0.717, 1.165) is 0 Å². The van der Waals surface area contributed by atoms with E-state index in [9.17, 15) is 4.79 Å². The molecule has 0 amide bonds. The van der Waals surface area contributed by atoms with Crippen molar-refractivity contribution in [1.29, 1.82) is 0 Å². The van der Waals surface area contributed by atoms with Gasteiger partial charge in [0.15, 0.2) is 0 Å². The summed E-state index contributed by atoms with van der Waals surface area (Å²) in [6, 6.07) is 0. The lowest BCUT2D eigenvalue weighted by molar-refractivity contribution is -0.112. The van der Waals surface area contributed by atoms with Gasteiger partial charge in [-0.25, -0.2) is 0 Å². The second-order valence-electron chi connectivity index (χ2n) is 1.35.